The van der Waals surface area contributed by atoms with Crippen LogP contribution in [-0.4, -0.2) is 33.4 Å². The third-order valence-electron chi connectivity index (χ3n) is 4.33. The van der Waals surface area contributed by atoms with Crippen molar-refractivity contribution >= 4 is 5.82 Å². The van der Waals surface area contributed by atoms with Crippen LogP contribution in [0.25, 0.3) is 10.4 Å². The molecule has 1 aliphatic rings. The molecular formula is C17H20N6O3. The van der Waals surface area contributed by atoms with E-state index < -0.39 is 24.1 Å². The van der Waals surface area contributed by atoms with Gasteiger partial charge in [0.25, 0.3) is 0 Å². The zero-order valence-corrected chi connectivity index (χ0v) is 14.3. The van der Waals surface area contributed by atoms with Gasteiger partial charge in [-0.3, -0.25) is 4.57 Å². The van der Waals surface area contributed by atoms with Crippen molar-refractivity contribution < 1.29 is 9.84 Å². The zero-order valence-electron chi connectivity index (χ0n) is 14.3. The first-order valence-electron chi connectivity index (χ1n) is 8.30. The maximum absolute atomic E-state index is 12.4. The van der Waals surface area contributed by atoms with Crippen LogP contribution in [0.4, 0.5) is 5.82 Å². The third kappa shape index (κ3) is 3.85. The lowest BCUT2D eigenvalue weighted by Crippen LogP contribution is -2.29. The molecule has 2 heterocycles. The maximum atomic E-state index is 12.4. The minimum Gasteiger partial charge on any atom is -0.394 e. The van der Waals surface area contributed by atoms with Crippen molar-refractivity contribution in [2.75, 3.05) is 11.9 Å². The minimum atomic E-state index is -0.626. The summed E-state index contributed by atoms with van der Waals surface area (Å²) in [4.78, 5) is 19.3. The Bertz CT molecular complexity index is 863. The van der Waals surface area contributed by atoms with Gasteiger partial charge in [-0.15, -0.1) is 0 Å². The van der Waals surface area contributed by atoms with E-state index >= 15 is 0 Å². The van der Waals surface area contributed by atoms with E-state index in [2.05, 4.69) is 20.3 Å². The van der Waals surface area contributed by atoms with E-state index in [-0.39, 0.29) is 6.61 Å². The highest BCUT2D eigenvalue weighted by molar-refractivity contribution is 5.42. The van der Waals surface area contributed by atoms with Crippen molar-refractivity contribution in [1.82, 2.24) is 9.55 Å². The summed E-state index contributed by atoms with van der Waals surface area (Å²) in [6, 6.07) is 9.30. The van der Waals surface area contributed by atoms with E-state index in [0.717, 1.165) is 11.1 Å². The molecule has 0 bridgehead atoms. The Hall–Kier alpha value is -2.87. The van der Waals surface area contributed by atoms with Gasteiger partial charge in [0.1, 0.15) is 12.0 Å². The molecule has 26 heavy (non-hydrogen) atoms. The third-order valence-corrected chi connectivity index (χ3v) is 4.33. The molecule has 0 aliphatic carbocycles. The first-order chi connectivity index (χ1) is 12.6. The fourth-order valence-corrected chi connectivity index (χ4v) is 2.97. The summed E-state index contributed by atoms with van der Waals surface area (Å²) in [6.45, 7) is 2.13. The predicted octanol–water partition coefficient (Wildman–Crippen LogP) is 2.12. The lowest BCUT2D eigenvalue weighted by Gasteiger charge is -2.17. The van der Waals surface area contributed by atoms with E-state index in [1.54, 1.807) is 6.20 Å². The average Bonchev–Trinajstić information content (AvgIpc) is 3.06. The van der Waals surface area contributed by atoms with E-state index in [0.29, 0.717) is 18.8 Å². The summed E-state index contributed by atoms with van der Waals surface area (Å²) < 4.78 is 7.03. The second-order valence-electron chi connectivity index (χ2n) is 6.12. The van der Waals surface area contributed by atoms with Gasteiger partial charge in [-0.2, -0.15) is 4.98 Å². The molecule has 136 valence electrons. The molecule has 0 spiro atoms. The number of nitrogens with one attached hydrogen (secondary N) is 1. The highest BCUT2D eigenvalue weighted by Gasteiger charge is 2.35. The molecule has 1 aromatic heterocycles. The standard InChI is InChI=1S/C17H20N6O3/c1-11-9-23(15-7-13(21-22-18)14(10-24)26-15)17(25)20-16(11)19-8-12-5-3-2-4-6-12/h2-6,9,13-15,24H,7-8,10H2,1H3,(H,19,20,25)/t13-,14-,15-/m0/s1. The number of aliphatic hydroxyl groups is 1. The summed E-state index contributed by atoms with van der Waals surface area (Å²) in [6.07, 6.45) is 0.733. The molecule has 1 saturated heterocycles. The van der Waals surface area contributed by atoms with Crippen LogP contribution in [-0.2, 0) is 11.3 Å². The molecule has 0 radical (unpaired) electrons. The van der Waals surface area contributed by atoms with Crippen molar-refractivity contribution in [2.45, 2.75) is 38.3 Å². The zero-order chi connectivity index (χ0) is 18.5. The van der Waals surface area contributed by atoms with Crippen LogP contribution in [0.1, 0.15) is 23.8 Å². The Balaban J connectivity index is 1.77. The minimum absolute atomic E-state index is 0.280. The fraction of sp³-hybridized carbons (Fsp3) is 0.412. The number of nitrogens with zero attached hydrogens (tertiary/aromatic N) is 5. The molecule has 3 atom stereocenters. The van der Waals surface area contributed by atoms with Crippen LogP contribution in [0, 0.1) is 6.92 Å². The number of anilines is 1. The molecule has 1 fully saturated rings. The predicted molar refractivity (Wildman–Crippen MR) is 95.5 cm³/mol. The normalized spacial score (nSPS) is 22.0. The molecular weight excluding hydrogens is 336 g/mol. The highest BCUT2D eigenvalue weighted by atomic mass is 16.5. The molecule has 1 aromatic carbocycles. The monoisotopic (exact) mass is 356 g/mol. The van der Waals surface area contributed by atoms with E-state index in [1.807, 2.05) is 37.3 Å². The number of ether oxygens (including phenoxy) is 1. The molecule has 1 aliphatic heterocycles. The molecule has 9 nitrogen and oxygen atoms in total. The summed E-state index contributed by atoms with van der Waals surface area (Å²) in [7, 11) is 0. The number of aryl methyl sites for hydroxylation is 1. The van der Waals surface area contributed by atoms with Crippen LogP contribution < -0.4 is 11.0 Å². The van der Waals surface area contributed by atoms with E-state index in [4.69, 9.17) is 10.3 Å². The second-order valence-corrected chi connectivity index (χ2v) is 6.12. The first kappa shape index (κ1) is 17.9. The van der Waals surface area contributed by atoms with Gasteiger partial charge in [0.05, 0.1) is 18.8 Å². The summed E-state index contributed by atoms with van der Waals surface area (Å²) in [5.41, 5.74) is 10.0. The van der Waals surface area contributed by atoms with Gasteiger partial charge in [0.2, 0.25) is 0 Å². The maximum Gasteiger partial charge on any atom is 0.351 e. The number of rotatable bonds is 6. The van der Waals surface area contributed by atoms with Gasteiger partial charge >= 0.3 is 5.69 Å². The van der Waals surface area contributed by atoms with Crippen molar-refractivity contribution in [3.05, 3.63) is 68.6 Å². The Labute approximate surface area is 149 Å². The van der Waals surface area contributed by atoms with Gasteiger partial charge in [0.15, 0.2) is 0 Å². The lowest BCUT2D eigenvalue weighted by atomic mass is 10.1. The Morgan fingerprint density at radius 3 is 2.92 bits per heavy atom. The summed E-state index contributed by atoms with van der Waals surface area (Å²) in [5, 5.41) is 16.1. The van der Waals surface area contributed by atoms with Gasteiger partial charge in [-0.1, -0.05) is 35.4 Å². The number of hydrogen-bond acceptors (Lipinski definition) is 6. The molecule has 2 aromatic rings. The molecule has 0 amide bonds. The van der Waals surface area contributed by atoms with Gasteiger partial charge in [0, 0.05) is 29.6 Å². The largest absolute Gasteiger partial charge is 0.394 e. The number of benzene rings is 1. The van der Waals surface area contributed by atoms with Crippen LogP contribution in [0.15, 0.2) is 46.4 Å². The molecule has 3 rings (SSSR count). The lowest BCUT2D eigenvalue weighted by molar-refractivity contribution is -0.0270. The Morgan fingerprint density at radius 2 is 2.23 bits per heavy atom. The van der Waals surface area contributed by atoms with Crippen molar-refractivity contribution in [1.29, 1.82) is 0 Å². The van der Waals surface area contributed by atoms with Crippen molar-refractivity contribution in [3.63, 3.8) is 0 Å². The summed E-state index contributed by atoms with van der Waals surface area (Å²) in [5.74, 6) is 0.512. The number of aromatic nitrogens is 2. The number of azide groups is 1. The second kappa shape index (κ2) is 8.01. The SMILES string of the molecule is Cc1cn([C@@H]2C[C@H](N=[N+]=[N-])[C@H](CO)O2)c(=O)nc1NCc1ccccc1. The van der Waals surface area contributed by atoms with Crippen LogP contribution in [0.5, 0.6) is 0 Å². The van der Waals surface area contributed by atoms with Gasteiger partial charge in [-0.05, 0) is 18.0 Å². The smallest absolute Gasteiger partial charge is 0.351 e. The summed E-state index contributed by atoms with van der Waals surface area (Å²) >= 11 is 0. The molecule has 0 unspecified atom stereocenters. The van der Waals surface area contributed by atoms with Crippen LogP contribution in [0.3, 0.4) is 0 Å². The topological polar surface area (TPSA) is 125 Å². The quantitative estimate of drug-likeness (QED) is 0.466. The fourth-order valence-electron chi connectivity index (χ4n) is 2.97. The van der Waals surface area contributed by atoms with Gasteiger partial charge in [-0.25, -0.2) is 4.79 Å². The average molecular weight is 356 g/mol. The van der Waals surface area contributed by atoms with E-state index in [9.17, 15) is 9.90 Å². The van der Waals surface area contributed by atoms with Crippen LogP contribution in [0.2, 0.25) is 0 Å². The van der Waals surface area contributed by atoms with Crippen molar-refractivity contribution in [2.24, 2.45) is 5.11 Å². The Morgan fingerprint density at radius 1 is 1.46 bits per heavy atom. The molecule has 2 N–H and O–H groups in total. The highest BCUT2D eigenvalue weighted by Crippen LogP contribution is 2.30. The number of aliphatic hydroxyl groups excluding tert-OH is 1. The first-order valence-corrected chi connectivity index (χ1v) is 8.30. The van der Waals surface area contributed by atoms with E-state index in [1.165, 1.54) is 4.57 Å². The van der Waals surface area contributed by atoms with Crippen molar-refractivity contribution in [3.8, 4) is 0 Å². The van der Waals surface area contributed by atoms with Gasteiger partial charge < -0.3 is 15.2 Å². The van der Waals surface area contributed by atoms with Crippen LogP contribution >= 0.6 is 0 Å². The number of hydrogen-bond donors (Lipinski definition) is 2. The molecule has 0 saturated carbocycles. The Kier molecular flexibility index (Phi) is 5.52. The molecule has 9 heteroatoms.